The van der Waals surface area contributed by atoms with Crippen molar-refractivity contribution in [2.24, 2.45) is 0 Å². The van der Waals surface area contributed by atoms with Gasteiger partial charge in [-0.05, 0) is 24.3 Å². The van der Waals surface area contributed by atoms with Gasteiger partial charge in [-0.3, -0.25) is 4.98 Å². The van der Waals surface area contributed by atoms with Gasteiger partial charge >= 0.3 is 0 Å². The summed E-state index contributed by atoms with van der Waals surface area (Å²) in [5, 5.41) is 3.06. The van der Waals surface area contributed by atoms with Gasteiger partial charge in [0.05, 0.1) is 0 Å². The zero-order valence-electron chi connectivity index (χ0n) is 11.1. The Morgan fingerprint density at radius 2 is 1.71 bits per heavy atom. The molecule has 0 aliphatic rings. The predicted octanol–water partition coefficient (Wildman–Crippen LogP) is 1.84. The van der Waals surface area contributed by atoms with Gasteiger partial charge in [0.25, 0.3) is 0 Å². The van der Waals surface area contributed by atoms with E-state index in [9.17, 15) is 0 Å². The van der Waals surface area contributed by atoms with E-state index >= 15 is 0 Å². The van der Waals surface area contributed by atoms with E-state index in [-0.39, 0.29) is 5.95 Å². The highest BCUT2D eigenvalue weighted by atomic mass is 15.2. The Balaban J connectivity index is 1.97. The molecule has 0 radical (unpaired) electrons. The standard InChI is InChI=1S/C14H13N7/c15-10-3-1-2-9(8-10)12-19-13(16)21-14(20-12)18-11-4-6-17-7-5-11/h1-8H,15H2,(H3,16,17,18,19,20,21). The molecule has 7 nitrogen and oxygen atoms in total. The van der Waals surface area contributed by atoms with Crippen molar-refractivity contribution >= 4 is 23.3 Å². The summed E-state index contributed by atoms with van der Waals surface area (Å²) < 4.78 is 0. The lowest BCUT2D eigenvalue weighted by molar-refractivity contribution is 1.08. The predicted molar refractivity (Wildman–Crippen MR) is 81.6 cm³/mol. The van der Waals surface area contributed by atoms with Crippen molar-refractivity contribution < 1.29 is 0 Å². The number of rotatable bonds is 3. The minimum Gasteiger partial charge on any atom is -0.399 e. The third-order valence-corrected chi connectivity index (χ3v) is 2.73. The maximum absolute atomic E-state index is 5.77. The Kier molecular flexibility index (Phi) is 3.30. The van der Waals surface area contributed by atoms with Crippen LogP contribution in [0.1, 0.15) is 0 Å². The number of benzene rings is 1. The van der Waals surface area contributed by atoms with Gasteiger partial charge < -0.3 is 16.8 Å². The van der Waals surface area contributed by atoms with Crippen LogP contribution in [-0.2, 0) is 0 Å². The van der Waals surface area contributed by atoms with Crippen molar-refractivity contribution in [3.05, 3.63) is 48.8 Å². The second-order valence-electron chi connectivity index (χ2n) is 4.33. The maximum Gasteiger partial charge on any atom is 0.232 e. The van der Waals surface area contributed by atoms with E-state index in [1.165, 1.54) is 0 Å². The molecule has 0 bridgehead atoms. The van der Waals surface area contributed by atoms with Crippen LogP contribution in [0.2, 0.25) is 0 Å². The van der Waals surface area contributed by atoms with E-state index in [2.05, 4.69) is 25.3 Å². The summed E-state index contributed by atoms with van der Waals surface area (Å²) in [7, 11) is 0. The molecule has 104 valence electrons. The molecule has 0 atom stereocenters. The molecule has 0 aliphatic carbocycles. The number of pyridine rings is 1. The lowest BCUT2D eigenvalue weighted by Gasteiger charge is -2.07. The topological polar surface area (TPSA) is 116 Å². The summed E-state index contributed by atoms with van der Waals surface area (Å²) in [5.74, 6) is 0.969. The van der Waals surface area contributed by atoms with Crippen LogP contribution >= 0.6 is 0 Å². The first-order valence-corrected chi connectivity index (χ1v) is 6.25. The number of aromatic nitrogens is 4. The molecule has 5 N–H and O–H groups in total. The molecule has 2 heterocycles. The first kappa shape index (κ1) is 12.8. The van der Waals surface area contributed by atoms with E-state index in [1.54, 1.807) is 36.7 Å². The van der Waals surface area contributed by atoms with Crippen molar-refractivity contribution in [3.8, 4) is 11.4 Å². The fourth-order valence-corrected chi connectivity index (χ4v) is 1.82. The van der Waals surface area contributed by atoms with Crippen LogP contribution in [0, 0.1) is 0 Å². The lowest BCUT2D eigenvalue weighted by Crippen LogP contribution is -2.05. The van der Waals surface area contributed by atoms with E-state index < -0.39 is 0 Å². The van der Waals surface area contributed by atoms with Crippen LogP contribution in [0.25, 0.3) is 11.4 Å². The lowest BCUT2D eigenvalue weighted by atomic mass is 10.2. The van der Waals surface area contributed by atoms with Crippen LogP contribution in [-0.4, -0.2) is 19.9 Å². The van der Waals surface area contributed by atoms with E-state index in [4.69, 9.17) is 11.5 Å². The van der Waals surface area contributed by atoms with Gasteiger partial charge in [0.1, 0.15) is 0 Å². The summed E-state index contributed by atoms with van der Waals surface area (Å²) >= 11 is 0. The smallest absolute Gasteiger partial charge is 0.232 e. The molecule has 21 heavy (non-hydrogen) atoms. The highest BCUT2D eigenvalue weighted by Gasteiger charge is 2.07. The molecule has 0 amide bonds. The van der Waals surface area contributed by atoms with Gasteiger partial charge in [-0.15, -0.1) is 0 Å². The van der Waals surface area contributed by atoms with E-state index in [0.29, 0.717) is 17.5 Å². The van der Waals surface area contributed by atoms with Crippen molar-refractivity contribution in [1.82, 2.24) is 19.9 Å². The molecule has 1 aromatic carbocycles. The van der Waals surface area contributed by atoms with Gasteiger partial charge in [-0.25, -0.2) is 0 Å². The fraction of sp³-hybridized carbons (Fsp3) is 0. The van der Waals surface area contributed by atoms with Crippen molar-refractivity contribution in [2.45, 2.75) is 0 Å². The van der Waals surface area contributed by atoms with Crippen molar-refractivity contribution in [1.29, 1.82) is 0 Å². The Morgan fingerprint density at radius 3 is 2.48 bits per heavy atom. The normalized spacial score (nSPS) is 10.3. The fourth-order valence-electron chi connectivity index (χ4n) is 1.82. The summed E-state index contributed by atoms with van der Waals surface area (Å²) in [6.45, 7) is 0. The molecule has 0 spiro atoms. The largest absolute Gasteiger partial charge is 0.399 e. The maximum atomic E-state index is 5.77. The number of nitrogens with one attached hydrogen (secondary N) is 1. The second kappa shape index (κ2) is 5.41. The molecule has 3 rings (SSSR count). The van der Waals surface area contributed by atoms with Gasteiger partial charge in [0.2, 0.25) is 11.9 Å². The molecule has 7 heteroatoms. The average Bonchev–Trinajstić information content (AvgIpc) is 2.48. The SMILES string of the molecule is Nc1cccc(-c2nc(N)nc(Nc3ccncc3)n2)c1. The first-order chi connectivity index (χ1) is 10.2. The first-order valence-electron chi connectivity index (χ1n) is 6.25. The summed E-state index contributed by atoms with van der Waals surface area (Å²) in [5.41, 5.74) is 13.7. The molecule has 2 aromatic heterocycles. The zero-order valence-corrected chi connectivity index (χ0v) is 11.1. The number of nitrogens with two attached hydrogens (primary N) is 2. The Bertz CT molecular complexity index is 758. The monoisotopic (exact) mass is 279 g/mol. The van der Waals surface area contributed by atoms with Crippen LogP contribution in [0.4, 0.5) is 23.3 Å². The van der Waals surface area contributed by atoms with Crippen LogP contribution in [0.15, 0.2) is 48.8 Å². The number of hydrogen-bond donors (Lipinski definition) is 3. The zero-order chi connectivity index (χ0) is 14.7. The summed E-state index contributed by atoms with van der Waals surface area (Å²) in [6, 6.07) is 10.9. The molecule has 0 saturated carbocycles. The van der Waals surface area contributed by atoms with E-state index in [1.807, 2.05) is 12.1 Å². The van der Waals surface area contributed by atoms with Crippen LogP contribution < -0.4 is 16.8 Å². The molecule has 0 fully saturated rings. The third-order valence-electron chi connectivity index (χ3n) is 2.73. The Hall–Kier alpha value is -3.22. The Labute approximate surface area is 121 Å². The van der Waals surface area contributed by atoms with E-state index in [0.717, 1.165) is 11.3 Å². The third kappa shape index (κ3) is 3.03. The molecule has 0 saturated heterocycles. The number of anilines is 4. The van der Waals surface area contributed by atoms with Crippen LogP contribution in [0.3, 0.4) is 0 Å². The quantitative estimate of drug-likeness (QED) is 0.626. The summed E-state index contributed by atoms with van der Waals surface area (Å²) in [6.07, 6.45) is 3.34. The second-order valence-corrected chi connectivity index (χ2v) is 4.33. The minimum absolute atomic E-state index is 0.138. The molecule has 0 unspecified atom stereocenters. The number of hydrogen-bond acceptors (Lipinski definition) is 7. The molecular formula is C14H13N7. The molecule has 0 aliphatic heterocycles. The van der Waals surface area contributed by atoms with Gasteiger partial charge in [0.15, 0.2) is 5.82 Å². The van der Waals surface area contributed by atoms with Gasteiger partial charge in [-0.1, -0.05) is 12.1 Å². The average molecular weight is 279 g/mol. The molecular weight excluding hydrogens is 266 g/mol. The number of nitrogens with zero attached hydrogens (tertiary/aromatic N) is 4. The number of nitrogen functional groups attached to an aromatic ring is 2. The van der Waals surface area contributed by atoms with Gasteiger partial charge in [-0.2, -0.15) is 15.0 Å². The molecule has 3 aromatic rings. The Morgan fingerprint density at radius 1 is 0.905 bits per heavy atom. The van der Waals surface area contributed by atoms with Crippen LogP contribution in [0.5, 0.6) is 0 Å². The summed E-state index contributed by atoms with van der Waals surface area (Å²) in [4.78, 5) is 16.5. The van der Waals surface area contributed by atoms with Gasteiger partial charge in [0, 0.05) is 29.3 Å². The highest BCUT2D eigenvalue weighted by Crippen LogP contribution is 2.20. The van der Waals surface area contributed by atoms with Crippen molar-refractivity contribution in [3.63, 3.8) is 0 Å². The highest BCUT2D eigenvalue weighted by molar-refractivity contribution is 5.63. The van der Waals surface area contributed by atoms with Crippen molar-refractivity contribution in [2.75, 3.05) is 16.8 Å². The minimum atomic E-state index is 0.138.